The second kappa shape index (κ2) is 12.9. The number of benzene rings is 4. The summed E-state index contributed by atoms with van der Waals surface area (Å²) in [5, 5.41) is 2.26. The van der Waals surface area contributed by atoms with E-state index in [-0.39, 0.29) is 5.57 Å². The van der Waals surface area contributed by atoms with Crippen molar-refractivity contribution < 1.29 is 28.6 Å². The zero-order valence-corrected chi connectivity index (χ0v) is 25.1. The number of carbonyl (C=O) groups is 3. The van der Waals surface area contributed by atoms with Crippen molar-refractivity contribution in [3.63, 3.8) is 0 Å². The van der Waals surface area contributed by atoms with Crippen molar-refractivity contribution in [3.8, 4) is 17.2 Å². The molecule has 1 saturated heterocycles. The third kappa shape index (κ3) is 6.63. The van der Waals surface area contributed by atoms with Gasteiger partial charge in [-0.1, -0.05) is 60.2 Å². The fraction of sp³-hybridized carbons (Fsp3) is 0.121. The van der Waals surface area contributed by atoms with Gasteiger partial charge in [-0.25, -0.2) is 9.69 Å². The standard InChI is InChI=1S/C33H27IN2O6/c1-21-8-10-23(11-9-21)19-41-26-14-12-25(13-15-26)36-32(38)27(31(37)35-33(36)39)16-24-17-28(34)30(29(18-24)40-2)42-20-22-6-4-3-5-7-22/h3-18H,19-20H2,1-2H3,(H,35,37,39)/b27-16+. The van der Waals surface area contributed by atoms with Crippen molar-refractivity contribution >= 4 is 52.2 Å². The molecule has 0 aromatic heterocycles. The average Bonchev–Trinajstić information content (AvgIpc) is 2.99. The average molecular weight is 674 g/mol. The van der Waals surface area contributed by atoms with Crippen molar-refractivity contribution in [3.05, 3.63) is 122 Å². The second-order valence-electron chi connectivity index (χ2n) is 9.53. The molecule has 4 aromatic carbocycles. The number of hydrogen-bond acceptors (Lipinski definition) is 6. The molecule has 0 bridgehead atoms. The van der Waals surface area contributed by atoms with Crippen molar-refractivity contribution in [2.45, 2.75) is 20.1 Å². The first-order valence-corrected chi connectivity index (χ1v) is 14.1. The number of imide groups is 2. The normalized spacial score (nSPS) is 14.1. The van der Waals surface area contributed by atoms with Crippen molar-refractivity contribution in [1.82, 2.24) is 5.32 Å². The Morgan fingerprint density at radius 2 is 1.50 bits per heavy atom. The molecular weight excluding hydrogens is 647 g/mol. The molecule has 1 fully saturated rings. The van der Waals surface area contributed by atoms with Crippen molar-refractivity contribution in [2.75, 3.05) is 12.0 Å². The minimum atomic E-state index is -0.827. The topological polar surface area (TPSA) is 94.2 Å². The molecule has 212 valence electrons. The van der Waals surface area contributed by atoms with E-state index >= 15 is 0 Å². The highest BCUT2D eigenvalue weighted by Gasteiger charge is 2.37. The van der Waals surface area contributed by atoms with Gasteiger partial charge in [0, 0.05) is 0 Å². The van der Waals surface area contributed by atoms with E-state index in [1.807, 2.05) is 61.5 Å². The molecule has 9 heteroatoms. The Morgan fingerprint density at radius 1 is 0.833 bits per heavy atom. The zero-order chi connectivity index (χ0) is 29.6. The maximum absolute atomic E-state index is 13.4. The van der Waals surface area contributed by atoms with Gasteiger partial charge in [-0.3, -0.25) is 14.9 Å². The molecule has 1 N–H and O–H groups in total. The van der Waals surface area contributed by atoms with Crippen LogP contribution in [0.1, 0.15) is 22.3 Å². The number of aryl methyl sites for hydroxylation is 1. The van der Waals surface area contributed by atoms with E-state index in [4.69, 9.17) is 14.2 Å². The van der Waals surface area contributed by atoms with Gasteiger partial charge in [-0.15, -0.1) is 0 Å². The molecule has 5 rings (SSSR count). The van der Waals surface area contributed by atoms with E-state index in [0.29, 0.717) is 41.7 Å². The van der Waals surface area contributed by atoms with E-state index in [2.05, 4.69) is 27.9 Å². The number of carbonyl (C=O) groups excluding carboxylic acids is 3. The number of nitrogens with zero attached hydrogens (tertiary/aromatic N) is 1. The predicted molar refractivity (Wildman–Crippen MR) is 167 cm³/mol. The number of nitrogens with one attached hydrogen (secondary N) is 1. The zero-order valence-electron chi connectivity index (χ0n) is 22.9. The van der Waals surface area contributed by atoms with Crippen molar-refractivity contribution in [2.24, 2.45) is 0 Å². The molecule has 0 unspecified atom stereocenters. The van der Waals surface area contributed by atoms with E-state index in [1.165, 1.54) is 18.7 Å². The van der Waals surface area contributed by atoms with Crippen LogP contribution < -0.4 is 24.4 Å². The summed E-state index contributed by atoms with van der Waals surface area (Å²) < 4.78 is 18.1. The largest absolute Gasteiger partial charge is 0.493 e. The summed E-state index contributed by atoms with van der Waals surface area (Å²) in [6.45, 7) is 2.75. The van der Waals surface area contributed by atoms with E-state index in [1.54, 1.807) is 36.4 Å². The fourth-order valence-electron chi connectivity index (χ4n) is 4.29. The quantitative estimate of drug-likeness (QED) is 0.125. The highest BCUT2D eigenvalue weighted by Crippen LogP contribution is 2.35. The molecule has 8 nitrogen and oxygen atoms in total. The van der Waals surface area contributed by atoms with E-state index in [0.717, 1.165) is 19.6 Å². The van der Waals surface area contributed by atoms with Crippen LogP contribution in [0, 0.1) is 10.5 Å². The summed E-state index contributed by atoms with van der Waals surface area (Å²) >= 11 is 2.12. The molecule has 0 atom stereocenters. The number of methoxy groups -OCH3 is 1. The van der Waals surface area contributed by atoms with Gasteiger partial charge in [0.25, 0.3) is 11.8 Å². The Labute approximate surface area is 257 Å². The van der Waals surface area contributed by atoms with Crippen LogP contribution in [-0.2, 0) is 22.8 Å². The van der Waals surface area contributed by atoms with Crippen LogP contribution in [0.5, 0.6) is 17.2 Å². The first kappa shape index (κ1) is 28.9. The SMILES string of the molecule is COc1cc(/C=C2\C(=O)NC(=O)N(c3ccc(OCc4ccc(C)cc4)cc3)C2=O)cc(I)c1OCc1ccccc1. The molecule has 42 heavy (non-hydrogen) atoms. The number of rotatable bonds is 9. The Morgan fingerprint density at radius 3 is 2.19 bits per heavy atom. The summed E-state index contributed by atoms with van der Waals surface area (Å²) in [7, 11) is 1.52. The monoisotopic (exact) mass is 674 g/mol. The molecular formula is C33H27IN2O6. The molecule has 1 aliphatic rings. The highest BCUT2D eigenvalue weighted by molar-refractivity contribution is 14.1. The molecule has 1 aliphatic heterocycles. The summed E-state index contributed by atoms with van der Waals surface area (Å²) in [5.41, 5.74) is 3.84. The number of ether oxygens (including phenoxy) is 3. The molecule has 0 spiro atoms. The molecule has 1 heterocycles. The van der Waals surface area contributed by atoms with Crippen molar-refractivity contribution in [1.29, 1.82) is 0 Å². The summed E-state index contributed by atoms with van der Waals surface area (Å²) in [6.07, 6.45) is 1.43. The lowest BCUT2D eigenvalue weighted by atomic mass is 10.1. The number of anilines is 1. The molecule has 0 saturated carbocycles. The van der Waals surface area contributed by atoms with Gasteiger partial charge in [0.1, 0.15) is 24.5 Å². The molecule has 4 amide bonds. The van der Waals surface area contributed by atoms with Crippen LogP contribution in [0.15, 0.2) is 96.6 Å². The van der Waals surface area contributed by atoms with E-state index in [9.17, 15) is 14.4 Å². The number of barbiturate groups is 1. The summed E-state index contributed by atoms with van der Waals surface area (Å²) in [4.78, 5) is 39.8. The van der Waals surface area contributed by atoms with Gasteiger partial charge in [-0.2, -0.15) is 0 Å². The molecule has 0 radical (unpaired) electrons. The van der Waals surface area contributed by atoms with Gasteiger partial charge in [0.2, 0.25) is 0 Å². The first-order valence-electron chi connectivity index (χ1n) is 13.1. The number of halogens is 1. The van der Waals surface area contributed by atoms with Crippen LogP contribution in [0.4, 0.5) is 10.5 Å². The third-order valence-electron chi connectivity index (χ3n) is 6.51. The molecule has 4 aromatic rings. The lowest BCUT2D eigenvalue weighted by molar-refractivity contribution is -0.122. The minimum Gasteiger partial charge on any atom is -0.493 e. The van der Waals surface area contributed by atoms with Gasteiger partial charge in [-0.05, 0) is 88.7 Å². The molecule has 0 aliphatic carbocycles. The minimum absolute atomic E-state index is 0.190. The van der Waals surface area contributed by atoms with E-state index < -0.39 is 17.8 Å². The lowest BCUT2D eigenvalue weighted by Gasteiger charge is -2.26. The summed E-state index contributed by atoms with van der Waals surface area (Å²) in [6, 6.07) is 26.9. The van der Waals surface area contributed by atoms with Gasteiger partial charge in [0.15, 0.2) is 11.5 Å². The first-order chi connectivity index (χ1) is 20.3. The highest BCUT2D eigenvalue weighted by atomic mass is 127. The van der Waals surface area contributed by atoms with Gasteiger partial charge < -0.3 is 14.2 Å². The smallest absolute Gasteiger partial charge is 0.335 e. The predicted octanol–water partition coefficient (Wildman–Crippen LogP) is 6.43. The Kier molecular flexibility index (Phi) is 8.87. The Hall–Kier alpha value is -4.64. The Balaban J connectivity index is 1.34. The maximum atomic E-state index is 13.4. The van der Waals surface area contributed by atoms with Gasteiger partial charge >= 0.3 is 6.03 Å². The summed E-state index contributed by atoms with van der Waals surface area (Å²) in [5.74, 6) is 0.0490. The third-order valence-corrected chi connectivity index (χ3v) is 7.31. The van der Waals surface area contributed by atoms with Crippen LogP contribution in [0.25, 0.3) is 6.08 Å². The van der Waals surface area contributed by atoms with Crippen LogP contribution in [-0.4, -0.2) is 25.0 Å². The van der Waals surface area contributed by atoms with Gasteiger partial charge in [0.05, 0.1) is 16.4 Å². The lowest BCUT2D eigenvalue weighted by Crippen LogP contribution is -2.54. The number of amides is 4. The van der Waals surface area contributed by atoms with Crippen LogP contribution >= 0.6 is 22.6 Å². The van der Waals surface area contributed by atoms with Crippen LogP contribution in [0.3, 0.4) is 0 Å². The fourth-order valence-corrected chi connectivity index (χ4v) is 5.08. The number of urea groups is 1. The Bertz CT molecular complexity index is 1650. The number of hydrogen-bond donors (Lipinski definition) is 1. The maximum Gasteiger partial charge on any atom is 0.335 e. The van der Waals surface area contributed by atoms with Crippen LogP contribution in [0.2, 0.25) is 0 Å². The second-order valence-corrected chi connectivity index (χ2v) is 10.7.